The van der Waals surface area contributed by atoms with Crippen molar-refractivity contribution in [3.63, 3.8) is 0 Å². The third-order valence-corrected chi connectivity index (χ3v) is 16.1. The van der Waals surface area contributed by atoms with Crippen LogP contribution in [-0.4, -0.2) is 76.2 Å². The Hall–Kier alpha value is -6.80. The van der Waals surface area contributed by atoms with E-state index in [-0.39, 0.29) is 92.9 Å². The second-order valence-corrected chi connectivity index (χ2v) is 44.3. The molecule has 8 rings (SSSR count). The number of allylic oxidation sites excluding steroid dienone is 1. The molecule has 596 valence electrons. The van der Waals surface area contributed by atoms with Crippen molar-refractivity contribution < 1.29 is 23.0 Å². The summed E-state index contributed by atoms with van der Waals surface area (Å²) in [5.41, 5.74) is 11.1. The third kappa shape index (κ3) is 29.7. The monoisotopic (exact) mass is 1460 g/mol. The van der Waals surface area contributed by atoms with Gasteiger partial charge in [0.25, 0.3) is 5.91 Å². The summed E-state index contributed by atoms with van der Waals surface area (Å²) in [7, 11) is 0. The van der Waals surface area contributed by atoms with E-state index in [9.17, 15) is 4.79 Å². The Balaban J connectivity index is 0.000000600. The molecule has 0 atom stereocenters. The fourth-order valence-electron chi connectivity index (χ4n) is 10.3. The number of carbonyl (C=O) groups is 1. The van der Waals surface area contributed by atoms with Crippen molar-refractivity contribution in [3.8, 4) is 0 Å². The highest BCUT2D eigenvalue weighted by Gasteiger charge is 2.38. The number of rotatable bonds is 0. The van der Waals surface area contributed by atoms with Gasteiger partial charge in [-0.05, 0) is 89.0 Å². The lowest BCUT2D eigenvalue weighted by atomic mass is 9.79. The molecular formula is C84H150N16O5. The SMILES string of the molecule is CC(C)(C)C1=C(C(C)(C)C)C(=O)N=N1.CC(C)(C)c1cncn1C(C)(C)C.CC(C)(C)c1cncn1C(C)(C)C.CC(C)(C)c1cnoc1C(C)(C)C.CC(C)(C)c1conc1C(C)(C)C.CC(C)(C)c1nnnn1C(C)(C)C.CC(C)(C)c1nnoc1C(C)(C)C.CC(C)(C)c1nonc1C(C)(C)C. The van der Waals surface area contributed by atoms with Crippen LogP contribution in [0.25, 0.3) is 0 Å². The summed E-state index contributed by atoms with van der Waals surface area (Å²) in [4.78, 5) is 20.0. The zero-order valence-corrected chi connectivity index (χ0v) is 75.7. The van der Waals surface area contributed by atoms with Gasteiger partial charge in [0.05, 0.1) is 41.4 Å². The molecule has 0 bridgehead atoms. The smallest absolute Gasteiger partial charge is 0.293 e. The molecule has 21 nitrogen and oxygen atoms in total. The number of hydrogen-bond acceptors (Lipinski definition) is 17. The third-order valence-electron chi connectivity index (χ3n) is 16.1. The Bertz CT molecular complexity index is 3020. The van der Waals surface area contributed by atoms with Crippen LogP contribution < -0.4 is 0 Å². The Morgan fingerprint density at radius 3 is 1.00 bits per heavy atom. The van der Waals surface area contributed by atoms with Crippen LogP contribution in [0.1, 0.15) is 395 Å². The molecule has 0 aliphatic carbocycles. The number of nitrogens with zero attached hydrogens (tertiary/aromatic N) is 16. The minimum absolute atomic E-state index is 0.00259. The van der Waals surface area contributed by atoms with E-state index in [0.29, 0.717) is 0 Å². The minimum Gasteiger partial charge on any atom is -0.364 e. The van der Waals surface area contributed by atoms with E-state index in [4.69, 9.17) is 18.2 Å². The Kier molecular flexibility index (Phi) is 30.9. The first-order chi connectivity index (χ1) is 46.2. The molecule has 0 N–H and O–H groups in total. The van der Waals surface area contributed by atoms with Crippen molar-refractivity contribution in [1.29, 1.82) is 0 Å². The van der Waals surface area contributed by atoms with Gasteiger partial charge in [-0.2, -0.15) is 5.11 Å². The van der Waals surface area contributed by atoms with E-state index in [1.807, 2.05) is 77.5 Å². The summed E-state index contributed by atoms with van der Waals surface area (Å²) in [5.74, 6) is 2.64. The maximum absolute atomic E-state index is 11.6. The van der Waals surface area contributed by atoms with E-state index in [1.54, 1.807) is 6.26 Å². The van der Waals surface area contributed by atoms with Crippen LogP contribution in [0.15, 0.2) is 77.2 Å². The first kappa shape index (κ1) is 96.2. The topological polar surface area (TPSA) is 251 Å². The molecular weight excluding hydrogens is 1310 g/mol. The average Bonchev–Trinajstić information content (AvgIpc) is 1.65. The molecule has 105 heavy (non-hydrogen) atoms. The fourth-order valence-corrected chi connectivity index (χ4v) is 10.3. The maximum atomic E-state index is 11.6. The summed E-state index contributed by atoms with van der Waals surface area (Å²) in [6.07, 6.45) is 11.4. The Labute approximate surface area is 637 Å². The van der Waals surface area contributed by atoms with Gasteiger partial charge in [-0.3, -0.25) is 4.79 Å². The number of tetrazole rings is 1. The van der Waals surface area contributed by atoms with Crippen LogP contribution in [0.5, 0.6) is 0 Å². The zero-order valence-electron chi connectivity index (χ0n) is 75.7. The molecule has 7 aromatic heterocycles. The number of amides is 1. The first-order valence-electron chi connectivity index (χ1n) is 37.4. The van der Waals surface area contributed by atoms with Crippen molar-refractivity contribution in [2.75, 3.05) is 0 Å². The van der Waals surface area contributed by atoms with Crippen LogP contribution in [0, 0.1) is 10.8 Å². The molecule has 1 aliphatic heterocycles. The first-order valence-corrected chi connectivity index (χ1v) is 37.4. The number of hydrogen-bond donors (Lipinski definition) is 0. The number of aromatic nitrogens is 14. The maximum Gasteiger partial charge on any atom is 0.293 e. The van der Waals surface area contributed by atoms with E-state index in [1.165, 1.54) is 22.5 Å². The van der Waals surface area contributed by atoms with Gasteiger partial charge in [-0.1, -0.05) is 291 Å². The van der Waals surface area contributed by atoms with Gasteiger partial charge in [0, 0.05) is 105 Å². The van der Waals surface area contributed by atoms with Gasteiger partial charge < -0.3 is 22.7 Å². The summed E-state index contributed by atoms with van der Waals surface area (Å²) in [6.45, 7) is 103. The van der Waals surface area contributed by atoms with Crippen LogP contribution in [0.3, 0.4) is 0 Å². The average molecular weight is 1460 g/mol. The molecule has 0 saturated carbocycles. The lowest BCUT2D eigenvalue weighted by molar-refractivity contribution is -0.115. The summed E-state index contributed by atoms with van der Waals surface area (Å²) in [6, 6.07) is 0. The van der Waals surface area contributed by atoms with Crippen LogP contribution in [0.2, 0.25) is 0 Å². The van der Waals surface area contributed by atoms with Crippen molar-refractivity contribution >= 4 is 5.91 Å². The number of azo groups is 1. The summed E-state index contributed by atoms with van der Waals surface area (Å²) < 4.78 is 26.7. The standard InChI is InChI=1S/C11H18N2O.2C11H20N2.2C11H19NO.2C10H18N2O.C9H18N4/c1-10(2,3)7-8(11(4,5)6)12-13-9(7)14;2*1-10(2,3)9-7-12-8-13(9)11(4,5)6;1-10(2,3)8-7-13-12-9(8)11(4,5)6;1-10(2,3)8-7-12-13-9(8)11(4,5)6;1-9(2,3)7-8(10(4,5)6)13-12-11-7;1-9(2,3)7-8(10(4,5)6)12-13-11-7;1-8(2,3)7-10-11-12-13(7)9(4,5)6/h1-6H3;2*7-8H,1-6H3;2*7H,1-6H3;3*1-6H3. The zero-order chi connectivity index (χ0) is 83.1. The molecule has 8 heterocycles. The molecule has 0 spiro atoms. The summed E-state index contributed by atoms with van der Waals surface area (Å²) >= 11 is 0. The molecule has 0 saturated heterocycles. The van der Waals surface area contributed by atoms with Crippen LogP contribution in [0.4, 0.5) is 0 Å². The minimum atomic E-state index is -0.178. The van der Waals surface area contributed by atoms with E-state index in [0.717, 1.165) is 51.4 Å². The van der Waals surface area contributed by atoms with Crippen LogP contribution >= 0.6 is 0 Å². The molecule has 1 amide bonds. The lowest BCUT2D eigenvalue weighted by Crippen LogP contribution is -2.30. The molecule has 21 heteroatoms. The second kappa shape index (κ2) is 33.8. The second-order valence-electron chi connectivity index (χ2n) is 44.3. The van der Waals surface area contributed by atoms with Gasteiger partial charge in [0.1, 0.15) is 29.1 Å². The van der Waals surface area contributed by atoms with Crippen molar-refractivity contribution in [2.24, 2.45) is 21.1 Å². The predicted molar refractivity (Wildman–Crippen MR) is 430 cm³/mol. The quantitative estimate of drug-likeness (QED) is 0.137. The highest BCUT2D eigenvalue weighted by atomic mass is 16.6. The Morgan fingerprint density at radius 2 is 0.743 bits per heavy atom. The van der Waals surface area contributed by atoms with Gasteiger partial charge in [0.15, 0.2) is 11.6 Å². The lowest BCUT2D eigenvalue weighted by Gasteiger charge is -2.29. The largest absolute Gasteiger partial charge is 0.364 e. The van der Waals surface area contributed by atoms with Gasteiger partial charge in [-0.15, -0.1) is 15.3 Å². The van der Waals surface area contributed by atoms with Crippen molar-refractivity contribution in [3.05, 3.63) is 111 Å². The summed E-state index contributed by atoms with van der Waals surface area (Å²) in [5, 5.41) is 43.0. The normalized spacial score (nSPS) is 14.0. The van der Waals surface area contributed by atoms with E-state index < -0.39 is 0 Å². The van der Waals surface area contributed by atoms with Gasteiger partial charge >= 0.3 is 0 Å². The van der Waals surface area contributed by atoms with E-state index in [2.05, 4.69) is 367 Å². The predicted octanol–water partition coefficient (Wildman–Crippen LogP) is 22.8. The molecule has 0 radical (unpaired) electrons. The molecule has 0 unspecified atom stereocenters. The Morgan fingerprint density at radius 1 is 0.343 bits per heavy atom. The van der Waals surface area contributed by atoms with Gasteiger partial charge in [0.2, 0.25) is 0 Å². The van der Waals surface area contributed by atoms with Crippen LogP contribution in [-0.2, 0) is 81.0 Å². The highest BCUT2D eigenvalue weighted by Crippen LogP contribution is 2.42. The molecule has 1 aliphatic rings. The van der Waals surface area contributed by atoms with Crippen molar-refractivity contribution in [2.45, 2.75) is 409 Å². The molecule has 0 fully saturated rings. The fraction of sp³-hybridized carbons (Fsp3) is 0.762. The van der Waals surface area contributed by atoms with Crippen molar-refractivity contribution in [1.82, 2.24) is 70.3 Å². The van der Waals surface area contributed by atoms with E-state index >= 15 is 0 Å². The van der Waals surface area contributed by atoms with Gasteiger partial charge in [-0.25, -0.2) is 19.3 Å². The number of imidazole rings is 2. The molecule has 7 aromatic rings. The molecule has 0 aromatic carbocycles. The highest BCUT2D eigenvalue weighted by molar-refractivity contribution is 5.97. The number of carbonyl (C=O) groups excluding carboxylic acids is 1.